The topological polar surface area (TPSA) is 106 Å². The minimum atomic E-state index is -4.59. The summed E-state index contributed by atoms with van der Waals surface area (Å²) in [5, 5.41) is 2.85. The number of anilines is 2. The van der Waals surface area contributed by atoms with Gasteiger partial charge in [0, 0.05) is 24.2 Å². The summed E-state index contributed by atoms with van der Waals surface area (Å²) in [6, 6.07) is 0.632. The molecule has 9 nitrogen and oxygen atoms in total. The number of amides is 1. The summed E-state index contributed by atoms with van der Waals surface area (Å²) >= 11 is 0. The molecule has 3 aromatic rings. The second-order valence-electron chi connectivity index (χ2n) is 7.68. The first-order valence-electron chi connectivity index (χ1n) is 10.3. The van der Waals surface area contributed by atoms with Crippen molar-refractivity contribution in [3.05, 3.63) is 54.3 Å². The van der Waals surface area contributed by atoms with Crippen LogP contribution in [-0.4, -0.2) is 49.8 Å². The first kappa shape index (κ1) is 24.2. The zero-order chi connectivity index (χ0) is 25.3. The molecule has 1 fully saturated rings. The average Bonchev–Trinajstić information content (AvgIpc) is 3.21. The molecule has 1 aliphatic heterocycles. The van der Waals surface area contributed by atoms with Crippen LogP contribution in [-0.2, 0) is 10.9 Å². The Morgan fingerprint density at radius 2 is 1.83 bits per heavy atom. The number of ether oxygens (including phenoxy) is 1. The predicted molar refractivity (Wildman–Crippen MR) is 112 cm³/mol. The van der Waals surface area contributed by atoms with Crippen molar-refractivity contribution in [3.8, 4) is 11.1 Å². The van der Waals surface area contributed by atoms with Gasteiger partial charge in [-0.3, -0.25) is 4.98 Å². The lowest BCUT2D eigenvalue weighted by Gasteiger charge is -2.22. The lowest BCUT2D eigenvalue weighted by molar-refractivity contribution is -0.141. The van der Waals surface area contributed by atoms with Gasteiger partial charge in [-0.2, -0.15) is 18.2 Å². The number of aromatic nitrogens is 5. The van der Waals surface area contributed by atoms with Crippen LogP contribution < -0.4 is 10.2 Å². The summed E-state index contributed by atoms with van der Waals surface area (Å²) in [6.07, 6.45) is -2.44. The highest BCUT2D eigenvalue weighted by Gasteiger charge is 2.40. The van der Waals surface area contributed by atoms with E-state index in [-0.39, 0.29) is 23.9 Å². The fraction of sp³-hybridized carbons (Fsp3) is 0.333. The minimum absolute atomic E-state index is 0.0875. The maximum Gasteiger partial charge on any atom is 0.433 e. The number of alkyl halides is 4. The highest BCUT2D eigenvalue weighted by Crippen LogP contribution is 2.31. The van der Waals surface area contributed by atoms with Crippen LogP contribution in [0.4, 0.5) is 38.5 Å². The third-order valence-electron chi connectivity index (χ3n) is 5.18. The van der Waals surface area contributed by atoms with E-state index in [1.165, 1.54) is 25.4 Å². The second kappa shape index (κ2) is 9.35. The van der Waals surface area contributed by atoms with E-state index >= 15 is 0 Å². The van der Waals surface area contributed by atoms with Gasteiger partial charge in [-0.15, -0.1) is 0 Å². The molecule has 0 spiro atoms. The number of pyridine rings is 1. The second-order valence-corrected chi connectivity index (χ2v) is 7.68. The van der Waals surface area contributed by atoms with Crippen molar-refractivity contribution >= 4 is 17.9 Å². The summed E-state index contributed by atoms with van der Waals surface area (Å²) in [5.74, 6) is -1.23. The van der Waals surface area contributed by atoms with Gasteiger partial charge >= 0.3 is 12.3 Å². The molecule has 1 N–H and O–H groups in total. The van der Waals surface area contributed by atoms with Crippen molar-refractivity contribution in [1.82, 2.24) is 24.9 Å². The van der Waals surface area contributed by atoms with E-state index < -0.39 is 47.9 Å². The van der Waals surface area contributed by atoms with Crippen molar-refractivity contribution in [1.29, 1.82) is 0 Å². The molecule has 14 heteroatoms. The fourth-order valence-corrected chi connectivity index (χ4v) is 3.35. The van der Waals surface area contributed by atoms with Gasteiger partial charge in [-0.25, -0.2) is 33.4 Å². The molecule has 0 bridgehead atoms. The van der Waals surface area contributed by atoms with E-state index in [0.29, 0.717) is 5.56 Å². The largest absolute Gasteiger partial charge is 0.447 e. The van der Waals surface area contributed by atoms with E-state index in [4.69, 9.17) is 4.74 Å². The number of nitrogens with one attached hydrogen (secondary N) is 1. The third kappa shape index (κ3) is 5.10. The van der Waals surface area contributed by atoms with Crippen LogP contribution in [0.25, 0.3) is 11.1 Å². The van der Waals surface area contributed by atoms with Gasteiger partial charge in [-0.1, -0.05) is 0 Å². The van der Waals surface area contributed by atoms with Crippen LogP contribution in [0.5, 0.6) is 0 Å². The molecule has 0 aliphatic carbocycles. The Bertz CT molecular complexity index is 1220. The van der Waals surface area contributed by atoms with Crippen LogP contribution in [0.2, 0.25) is 0 Å². The van der Waals surface area contributed by atoms with Crippen LogP contribution in [0, 0.1) is 5.82 Å². The molecule has 3 aromatic heterocycles. The molecule has 4 rings (SSSR count). The van der Waals surface area contributed by atoms with Gasteiger partial charge in [0.1, 0.15) is 30.3 Å². The monoisotopic (exact) mass is 495 g/mol. The molecule has 1 unspecified atom stereocenters. The van der Waals surface area contributed by atoms with E-state index in [0.717, 1.165) is 23.4 Å². The molecular weight excluding hydrogens is 477 g/mol. The molecule has 1 saturated heterocycles. The summed E-state index contributed by atoms with van der Waals surface area (Å²) in [5.41, 5.74) is -0.460. The lowest BCUT2D eigenvalue weighted by atomic mass is 10.1. The molecule has 0 aromatic carbocycles. The molecule has 0 radical (unpaired) electrons. The number of carbonyl (C=O) groups is 1. The van der Waals surface area contributed by atoms with Crippen LogP contribution in [0.3, 0.4) is 0 Å². The number of nitrogens with zero attached hydrogens (tertiary/aromatic N) is 6. The number of rotatable bonds is 6. The molecule has 3 atom stereocenters. The first-order chi connectivity index (χ1) is 16.5. The van der Waals surface area contributed by atoms with Gasteiger partial charge in [-0.05, 0) is 31.5 Å². The minimum Gasteiger partial charge on any atom is -0.447 e. The molecule has 4 heterocycles. The van der Waals surface area contributed by atoms with Crippen molar-refractivity contribution in [3.63, 3.8) is 0 Å². The van der Waals surface area contributed by atoms with Gasteiger partial charge in [0.25, 0.3) is 0 Å². The van der Waals surface area contributed by atoms with Gasteiger partial charge in [0.05, 0.1) is 12.2 Å². The quantitative estimate of drug-likeness (QED) is 0.504. The van der Waals surface area contributed by atoms with Crippen molar-refractivity contribution in [2.24, 2.45) is 0 Å². The Hall–Kier alpha value is -3.97. The molecule has 1 aliphatic rings. The zero-order valence-corrected chi connectivity index (χ0v) is 18.3. The summed E-state index contributed by atoms with van der Waals surface area (Å²) in [7, 11) is 0. The van der Waals surface area contributed by atoms with E-state index in [1.807, 2.05) is 0 Å². The Morgan fingerprint density at radius 3 is 2.49 bits per heavy atom. The van der Waals surface area contributed by atoms with Crippen molar-refractivity contribution in [2.45, 2.75) is 38.3 Å². The summed E-state index contributed by atoms with van der Waals surface area (Å²) in [4.78, 5) is 32.3. The molecular formula is C21H18F5N7O2. The lowest BCUT2D eigenvalue weighted by Crippen LogP contribution is -2.40. The number of hydrogen-bond donors (Lipinski definition) is 1. The number of cyclic esters (lactones) is 1. The highest BCUT2D eigenvalue weighted by atomic mass is 19.4. The SMILES string of the molecule is C[C@H](Nc1ncc(F)c(N2C(=O)OCC2[C@H](C)F)n1)c1ncc(-c2ccnc(C(F)(F)F)c2)cn1. The molecule has 0 saturated carbocycles. The van der Waals surface area contributed by atoms with E-state index in [1.54, 1.807) is 6.92 Å². The maximum absolute atomic E-state index is 14.4. The smallest absolute Gasteiger partial charge is 0.433 e. The molecule has 1 amide bonds. The zero-order valence-electron chi connectivity index (χ0n) is 18.3. The summed E-state index contributed by atoms with van der Waals surface area (Å²) in [6.45, 7) is 2.62. The summed E-state index contributed by atoms with van der Waals surface area (Å²) < 4.78 is 71.8. The van der Waals surface area contributed by atoms with Crippen LogP contribution >= 0.6 is 0 Å². The predicted octanol–water partition coefficient (Wildman–Crippen LogP) is 4.34. The fourth-order valence-electron chi connectivity index (χ4n) is 3.35. The average molecular weight is 495 g/mol. The van der Waals surface area contributed by atoms with Crippen molar-refractivity contribution < 1.29 is 31.5 Å². The Morgan fingerprint density at radius 1 is 1.11 bits per heavy atom. The number of halogens is 5. The van der Waals surface area contributed by atoms with E-state index in [9.17, 15) is 26.7 Å². The highest BCUT2D eigenvalue weighted by molar-refractivity contribution is 5.89. The van der Waals surface area contributed by atoms with E-state index in [2.05, 4.69) is 30.2 Å². The van der Waals surface area contributed by atoms with Gasteiger partial charge in [0.2, 0.25) is 5.95 Å². The Balaban J connectivity index is 1.52. The normalized spacial score (nSPS) is 17.7. The Kier molecular flexibility index (Phi) is 6.45. The first-order valence-corrected chi connectivity index (χ1v) is 10.3. The van der Waals surface area contributed by atoms with Crippen LogP contribution in [0.1, 0.15) is 31.4 Å². The van der Waals surface area contributed by atoms with Gasteiger partial charge < -0.3 is 10.1 Å². The third-order valence-corrected chi connectivity index (χ3v) is 5.18. The Labute approximate surface area is 195 Å². The maximum atomic E-state index is 14.4. The standard InChI is InChI=1S/C21H18F5N7O2/c1-10(22)15-9-35-20(34)33(15)18-14(23)8-30-19(32-18)31-11(2)17-28-6-13(7-29-17)12-3-4-27-16(5-12)21(24,25)26/h3-8,10-11,15H,9H2,1-2H3,(H,30,31,32)/t10-,11-,15?/m0/s1. The molecule has 35 heavy (non-hydrogen) atoms. The van der Waals surface area contributed by atoms with Crippen molar-refractivity contribution in [2.75, 3.05) is 16.8 Å². The molecule has 184 valence electrons. The van der Waals surface area contributed by atoms with Crippen LogP contribution in [0.15, 0.2) is 36.9 Å². The number of carbonyl (C=O) groups excluding carboxylic acids is 1. The van der Waals surface area contributed by atoms with Gasteiger partial charge in [0.15, 0.2) is 11.6 Å². The number of hydrogen-bond acceptors (Lipinski definition) is 8.